The Kier molecular flexibility index (Phi) is 5.08. The van der Waals surface area contributed by atoms with E-state index in [0.29, 0.717) is 5.56 Å². The van der Waals surface area contributed by atoms with Crippen molar-refractivity contribution in [3.8, 4) is 0 Å². The largest absolute Gasteiger partial charge is 0.416 e. The summed E-state index contributed by atoms with van der Waals surface area (Å²) in [5.41, 5.74) is -0.378. The Hall–Kier alpha value is -3.36. The molecule has 0 saturated carbocycles. The van der Waals surface area contributed by atoms with Crippen molar-refractivity contribution >= 4 is 17.6 Å². The van der Waals surface area contributed by atoms with Crippen LogP contribution in [0.5, 0.6) is 0 Å². The lowest BCUT2D eigenvalue weighted by atomic mass is 9.94. The van der Waals surface area contributed by atoms with E-state index in [9.17, 15) is 27.2 Å². The Labute approximate surface area is 157 Å². The molecule has 0 saturated heterocycles. The van der Waals surface area contributed by atoms with Crippen molar-refractivity contribution in [3.63, 3.8) is 0 Å². The maximum atomic E-state index is 13.6. The standard InChI is InChI=1S/C19H15F4N3O2/c1-10-15(16(26-18(28)24-10)11-4-2-6-13(20)8-11)17(27)25-14-7-3-5-12(9-14)19(21,22)23/h2-9,16H,1H3,(H,25,27)(H2,24,26,28)/t16-/m0/s1. The Morgan fingerprint density at radius 3 is 2.50 bits per heavy atom. The van der Waals surface area contributed by atoms with Crippen LogP contribution in [0.25, 0.3) is 0 Å². The Morgan fingerprint density at radius 1 is 1.11 bits per heavy atom. The number of anilines is 1. The summed E-state index contributed by atoms with van der Waals surface area (Å²) in [5, 5.41) is 7.37. The van der Waals surface area contributed by atoms with E-state index in [4.69, 9.17) is 0 Å². The number of benzene rings is 2. The summed E-state index contributed by atoms with van der Waals surface area (Å²) in [6.45, 7) is 1.48. The summed E-state index contributed by atoms with van der Waals surface area (Å²) in [6, 6.07) is 7.97. The normalized spacial score (nSPS) is 17.0. The molecule has 28 heavy (non-hydrogen) atoms. The maximum Gasteiger partial charge on any atom is 0.416 e. The minimum absolute atomic E-state index is 0.0580. The average molecular weight is 393 g/mol. The lowest BCUT2D eigenvalue weighted by Gasteiger charge is -2.28. The number of carbonyl (C=O) groups is 2. The number of urea groups is 1. The van der Waals surface area contributed by atoms with Crippen molar-refractivity contribution in [2.45, 2.75) is 19.1 Å². The predicted octanol–water partition coefficient (Wildman–Crippen LogP) is 4.11. The molecule has 0 aliphatic carbocycles. The van der Waals surface area contributed by atoms with Crippen LogP contribution in [0, 0.1) is 5.82 Å². The molecule has 1 atom stereocenters. The van der Waals surface area contributed by atoms with Crippen molar-refractivity contribution in [1.82, 2.24) is 10.6 Å². The van der Waals surface area contributed by atoms with Crippen molar-refractivity contribution in [3.05, 3.63) is 76.7 Å². The van der Waals surface area contributed by atoms with Gasteiger partial charge in [0.05, 0.1) is 17.2 Å². The predicted molar refractivity (Wildman–Crippen MR) is 93.6 cm³/mol. The fourth-order valence-corrected chi connectivity index (χ4v) is 2.90. The molecule has 0 unspecified atom stereocenters. The number of hydrogen-bond donors (Lipinski definition) is 3. The Balaban J connectivity index is 1.94. The van der Waals surface area contributed by atoms with Crippen LogP contribution in [-0.2, 0) is 11.0 Å². The van der Waals surface area contributed by atoms with Crippen LogP contribution in [0.15, 0.2) is 59.8 Å². The molecule has 3 amide bonds. The van der Waals surface area contributed by atoms with Gasteiger partial charge in [-0.2, -0.15) is 13.2 Å². The highest BCUT2D eigenvalue weighted by Gasteiger charge is 2.33. The van der Waals surface area contributed by atoms with E-state index in [1.807, 2.05) is 0 Å². The first-order valence-corrected chi connectivity index (χ1v) is 8.17. The van der Waals surface area contributed by atoms with Gasteiger partial charge in [0.15, 0.2) is 0 Å². The van der Waals surface area contributed by atoms with Crippen molar-refractivity contribution in [2.24, 2.45) is 0 Å². The van der Waals surface area contributed by atoms with Gasteiger partial charge in [-0.1, -0.05) is 18.2 Å². The van der Waals surface area contributed by atoms with Crippen LogP contribution in [0.4, 0.5) is 28.0 Å². The molecule has 0 fully saturated rings. The van der Waals surface area contributed by atoms with E-state index < -0.39 is 35.5 Å². The lowest BCUT2D eigenvalue weighted by Crippen LogP contribution is -2.46. The smallest absolute Gasteiger partial charge is 0.327 e. The van der Waals surface area contributed by atoms with Crippen LogP contribution in [0.2, 0.25) is 0 Å². The van der Waals surface area contributed by atoms with Crippen molar-refractivity contribution < 1.29 is 27.2 Å². The molecule has 2 aromatic carbocycles. The monoisotopic (exact) mass is 393 g/mol. The van der Waals surface area contributed by atoms with Gasteiger partial charge in [0.25, 0.3) is 5.91 Å². The second-order valence-corrected chi connectivity index (χ2v) is 6.16. The van der Waals surface area contributed by atoms with Crippen LogP contribution in [-0.4, -0.2) is 11.9 Å². The number of halogens is 4. The van der Waals surface area contributed by atoms with Gasteiger partial charge in [0, 0.05) is 11.4 Å². The third-order valence-electron chi connectivity index (χ3n) is 4.14. The summed E-state index contributed by atoms with van der Waals surface area (Å²) >= 11 is 0. The van der Waals surface area contributed by atoms with Gasteiger partial charge >= 0.3 is 12.2 Å². The number of nitrogens with one attached hydrogen (secondary N) is 3. The van der Waals surface area contributed by atoms with E-state index >= 15 is 0 Å². The summed E-state index contributed by atoms with van der Waals surface area (Å²) in [7, 11) is 0. The number of hydrogen-bond acceptors (Lipinski definition) is 2. The first-order chi connectivity index (χ1) is 13.1. The molecule has 9 heteroatoms. The molecule has 3 rings (SSSR count). The van der Waals surface area contributed by atoms with Crippen LogP contribution in [0.1, 0.15) is 24.1 Å². The second-order valence-electron chi connectivity index (χ2n) is 6.16. The zero-order valence-electron chi connectivity index (χ0n) is 14.5. The lowest BCUT2D eigenvalue weighted by molar-refractivity contribution is -0.137. The molecule has 146 valence electrons. The molecular formula is C19H15F4N3O2. The summed E-state index contributed by atoms with van der Waals surface area (Å²) in [4.78, 5) is 24.6. The summed E-state index contributed by atoms with van der Waals surface area (Å²) in [5.74, 6) is -1.28. The van der Waals surface area contributed by atoms with E-state index in [-0.39, 0.29) is 17.0 Å². The number of amides is 3. The van der Waals surface area contributed by atoms with Gasteiger partial charge in [-0.05, 0) is 42.8 Å². The first-order valence-electron chi connectivity index (χ1n) is 8.17. The molecule has 0 aromatic heterocycles. The highest BCUT2D eigenvalue weighted by molar-refractivity contribution is 6.06. The molecule has 1 aliphatic rings. The molecule has 0 radical (unpaired) electrons. The molecule has 1 aliphatic heterocycles. The van der Waals surface area contributed by atoms with E-state index in [0.717, 1.165) is 12.1 Å². The summed E-state index contributed by atoms with van der Waals surface area (Å²) in [6.07, 6.45) is -4.56. The molecular weight excluding hydrogens is 378 g/mol. The maximum absolute atomic E-state index is 13.6. The quantitative estimate of drug-likeness (QED) is 0.687. The minimum atomic E-state index is -4.56. The molecule has 2 aromatic rings. The summed E-state index contributed by atoms with van der Waals surface area (Å²) < 4.78 is 52.2. The molecule has 0 bridgehead atoms. The number of alkyl halides is 3. The zero-order chi connectivity index (χ0) is 20.5. The third-order valence-corrected chi connectivity index (χ3v) is 4.14. The topological polar surface area (TPSA) is 70.2 Å². The van der Waals surface area contributed by atoms with Crippen LogP contribution >= 0.6 is 0 Å². The SMILES string of the molecule is CC1=C(C(=O)Nc2cccc(C(F)(F)F)c2)[C@H](c2cccc(F)c2)NC(=O)N1. The first kappa shape index (κ1) is 19.4. The molecule has 1 heterocycles. The Bertz CT molecular complexity index is 970. The van der Waals surface area contributed by atoms with Crippen molar-refractivity contribution in [2.75, 3.05) is 5.32 Å². The van der Waals surface area contributed by atoms with Gasteiger partial charge < -0.3 is 16.0 Å². The van der Waals surface area contributed by atoms with E-state index in [2.05, 4.69) is 16.0 Å². The highest BCUT2D eigenvalue weighted by Crippen LogP contribution is 2.32. The number of rotatable bonds is 3. The van der Waals surface area contributed by atoms with Gasteiger partial charge in [-0.15, -0.1) is 0 Å². The second kappa shape index (κ2) is 7.34. The minimum Gasteiger partial charge on any atom is -0.327 e. The van der Waals surface area contributed by atoms with Crippen LogP contribution < -0.4 is 16.0 Å². The van der Waals surface area contributed by atoms with Gasteiger partial charge in [0.1, 0.15) is 5.82 Å². The fourth-order valence-electron chi connectivity index (χ4n) is 2.90. The number of allylic oxidation sites excluding steroid dienone is 1. The third kappa shape index (κ3) is 4.13. The number of carbonyl (C=O) groups excluding carboxylic acids is 2. The van der Waals surface area contributed by atoms with Gasteiger partial charge in [-0.25, -0.2) is 9.18 Å². The molecule has 3 N–H and O–H groups in total. The highest BCUT2D eigenvalue weighted by atomic mass is 19.4. The average Bonchev–Trinajstić information content (AvgIpc) is 2.60. The molecule has 5 nitrogen and oxygen atoms in total. The van der Waals surface area contributed by atoms with E-state index in [1.165, 1.54) is 43.3 Å². The van der Waals surface area contributed by atoms with Gasteiger partial charge in [0.2, 0.25) is 0 Å². The fraction of sp³-hybridized carbons (Fsp3) is 0.158. The molecule has 0 spiro atoms. The van der Waals surface area contributed by atoms with Gasteiger partial charge in [-0.3, -0.25) is 4.79 Å². The zero-order valence-corrected chi connectivity index (χ0v) is 14.5. The Morgan fingerprint density at radius 2 is 1.82 bits per heavy atom. The van der Waals surface area contributed by atoms with Crippen LogP contribution in [0.3, 0.4) is 0 Å². The van der Waals surface area contributed by atoms with Crippen molar-refractivity contribution in [1.29, 1.82) is 0 Å². The van der Waals surface area contributed by atoms with E-state index in [1.54, 1.807) is 0 Å².